The van der Waals surface area contributed by atoms with E-state index < -0.39 is 20.6 Å². The summed E-state index contributed by atoms with van der Waals surface area (Å²) in [5, 5.41) is 10.7. The van der Waals surface area contributed by atoms with Crippen LogP contribution in [0.3, 0.4) is 0 Å². The standard InChI is InChI=1S/C11H15ClN2O5S2/c1-11(2)7(5-8(11)19-3)13-21(17,18)9-4-6(14(15)16)10(12)20-9/h4,7-8,13H,5H2,1-3H3. The second-order valence-electron chi connectivity index (χ2n) is 5.44. The van der Waals surface area contributed by atoms with Crippen LogP contribution in [0.25, 0.3) is 0 Å². The molecule has 0 aliphatic heterocycles. The van der Waals surface area contributed by atoms with Crippen LogP contribution in [0, 0.1) is 15.5 Å². The Morgan fingerprint density at radius 3 is 2.62 bits per heavy atom. The fourth-order valence-corrected chi connectivity index (χ4v) is 5.41. The Balaban J connectivity index is 2.21. The molecule has 1 aliphatic rings. The molecule has 7 nitrogen and oxygen atoms in total. The molecule has 1 aromatic heterocycles. The minimum Gasteiger partial charge on any atom is -0.381 e. The maximum Gasteiger partial charge on any atom is 0.300 e. The van der Waals surface area contributed by atoms with Crippen molar-refractivity contribution in [3.05, 3.63) is 20.5 Å². The van der Waals surface area contributed by atoms with Gasteiger partial charge in [0.25, 0.3) is 15.7 Å². The van der Waals surface area contributed by atoms with Gasteiger partial charge in [-0.1, -0.05) is 25.4 Å². The van der Waals surface area contributed by atoms with E-state index in [4.69, 9.17) is 16.3 Å². The highest BCUT2D eigenvalue weighted by Gasteiger charge is 2.50. The number of rotatable bonds is 5. The summed E-state index contributed by atoms with van der Waals surface area (Å²) in [7, 11) is -2.25. The number of nitrogens with zero attached hydrogens (tertiary/aromatic N) is 1. The average molecular weight is 355 g/mol. The average Bonchev–Trinajstić information content (AvgIpc) is 2.77. The van der Waals surface area contributed by atoms with Crippen LogP contribution in [0.2, 0.25) is 4.34 Å². The highest BCUT2D eigenvalue weighted by molar-refractivity contribution is 7.91. The largest absolute Gasteiger partial charge is 0.381 e. The van der Waals surface area contributed by atoms with Gasteiger partial charge in [0.1, 0.15) is 4.21 Å². The Kier molecular flexibility index (Phi) is 4.33. The predicted octanol–water partition coefficient (Wildman–Crippen LogP) is 2.40. The van der Waals surface area contributed by atoms with Crippen LogP contribution in [-0.2, 0) is 14.8 Å². The first-order chi connectivity index (χ1) is 9.59. The first-order valence-electron chi connectivity index (χ1n) is 6.08. The highest BCUT2D eigenvalue weighted by Crippen LogP contribution is 2.44. The summed E-state index contributed by atoms with van der Waals surface area (Å²) in [6, 6.07) is 0.696. The highest BCUT2D eigenvalue weighted by atomic mass is 35.5. The second-order valence-corrected chi connectivity index (χ2v) is 9.03. The number of nitro groups is 1. The van der Waals surface area contributed by atoms with Gasteiger partial charge in [-0.3, -0.25) is 10.1 Å². The van der Waals surface area contributed by atoms with Crippen LogP contribution in [0.1, 0.15) is 20.3 Å². The zero-order valence-electron chi connectivity index (χ0n) is 11.6. The zero-order chi connectivity index (χ0) is 16.0. The molecule has 2 unspecified atom stereocenters. The van der Waals surface area contributed by atoms with Crippen molar-refractivity contribution < 1.29 is 18.1 Å². The molecule has 118 valence electrons. The van der Waals surface area contributed by atoms with E-state index in [2.05, 4.69) is 4.72 Å². The molecular formula is C11H15ClN2O5S2. The number of nitrogens with one attached hydrogen (secondary N) is 1. The quantitative estimate of drug-likeness (QED) is 0.646. The number of ether oxygens (including phenoxy) is 1. The Hall–Kier alpha value is -0.740. The van der Waals surface area contributed by atoms with E-state index in [1.54, 1.807) is 7.11 Å². The van der Waals surface area contributed by atoms with Crippen molar-refractivity contribution in [2.24, 2.45) is 5.41 Å². The number of hydrogen-bond donors (Lipinski definition) is 1. The van der Waals surface area contributed by atoms with E-state index in [0.29, 0.717) is 17.8 Å². The van der Waals surface area contributed by atoms with E-state index in [1.807, 2.05) is 13.8 Å². The summed E-state index contributed by atoms with van der Waals surface area (Å²) in [4.78, 5) is 10.0. The lowest BCUT2D eigenvalue weighted by molar-refractivity contribution is -0.384. The van der Waals surface area contributed by atoms with Crippen LogP contribution in [0.5, 0.6) is 0 Å². The van der Waals surface area contributed by atoms with Gasteiger partial charge >= 0.3 is 0 Å². The van der Waals surface area contributed by atoms with Crippen molar-refractivity contribution in [3.63, 3.8) is 0 Å². The Bertz CT molecular complexity index is 670. The van der Waals surface area contributed by atoms with Gasteiger partial charge in [0.15, 0.2) is 4.34 Å². The maximum atomic E-state index is 12.3. The molecule has 1 saturated carbocycles. The minimum atomic E-state index is -3.83. The molecule has 0 saturated heterocycles. The van der Waals surface area contributed by atoms with E-state index in [0.717, 1.165) is 6.07 Å². The van der Waals surface area contributed by atoms with Crippen LogP contribution in [0.4, 0.5) is 5.69 Å². The summed E-state index contributed by atoms with van der Waals surface area (Å²) in [6.45, 7) is 3.81. The SMILES string of the molecule is COC1CC(NS(=O)(=O)c2cc([N+](=O)[O-])c(Cl)s2)C1(C)C. The van der Waals surface area contributed by atoms with Crippen molar-refractivity contribution in [2.75, 3.05) is 7.11 Å². The molecule has 1 fully saturated rings. The maximum absolute atomic E-state index is 12.3. The first kappa shape index (κ1) is 16.6. The summed E-state index contributed by atoms with van der Waals surface area (Å²) < 4.78 is 32.1. The predicted molar refractivity (Wildman–Crippen MR) is 79.3 cm³/mol. The van der Waals surface area contributed by atoms with Crippen LogP contribution >= 0.6 is 22.9 Å². The van der Waals surface area contributed by atoms with E-state index in [9.17, 15) is 18.5 Å². The van der Waals surface area contributed by atoms with Gasteiger partial charge in [-0.05, 0) is 6.42 Å². The fraction of sp³-hybridized carbons (Fsp3) is 0.636. The third-order valence-electron chi connectivity index (χ3n) is 3.87. The molecule has 1 aliphatic carbocycles. The molecule has 1 N–H and O–H groups in total. The van der Waals surface area contributed by atoms with Gasteiger partial charge in [0.05, 0.1) is 11.0 Å². The molecule has 10 heteroatoms. The van der Waals surface area contributed by atoms with E-state index in [1.165, 1.54) is 0 Å². The third kappa shape index (κ3) is 2.93. The number of sulfonamides is 1. The lowest BCUT2D eigenvalue weighted by atomic mass is 9.65. The van der Waals surface area contributed by atoms with Gasteiger partial charge in [-0.25, -0.2) is 13.1 Å². The molecule has 2 atom stereocenters. The third-order valence-corrected chi connectivity index (χ3v) is 7.15. The molecule has 0 radical (unpaired) electrons. The number of thiophene rings is 1. The molecule has 0 spiro atoms. The smallest absolute Gasteiger partial charge is 0.300 e. The number of halogens is 1. The Labute approximate surface area is 131 Å². The summed E-state index contributed by atoms with van der Waals surface area (Å²) in [5.74, 6) is 0. The normalized spacial score (nSPS) is 24.6. The zero-order valence-corrected chi connectivity index (χ0v) is 14.0. The van der Waals surface area contributed by atoms with Crippen LogP contribution in [-0.4, -0.2) is 32.6 Å². The first-order valence-corrected chi connectivity index (χ1v) is 8.76. The van der Waals surface area contributed by atoms with Gasteiger partial charge < -0.3 is 4.74 Å². The molecular weight excluding hydrogens is 340 g/mol. The number of methoxy groups -OCH3 is 1. The van der Waals surface area contributed by atoms with Gasteiger partial charge in [-0.15, -0.1) is 11.3 Å². The second kappa shape index (κ2) is 5.47. The lowest BCUT2D eigenvalue weighted by Gasteiger charge is -2.50. The summed E-state index contributed by atoms with van der Waals surface area (Å²) in [5.41, 5.74) is -0.737. The van der Waals surface area contributed by atoms with E-state index in [-0.39, 0.29) is 26.1 Å². The molecule has 2 rings (SSSR count). The number of hydrogen-bond acceptors (Lipinski definition) is 6. The van der Waals surface area contributed by atoms with Crippen molar-refractivity contribution in [3.8, 4) is 0 Å². The van der Waals surface area contributed by atoms with Gasteiger partial charge in [0, 0.05) is 24.6 Å². The van der Waals surface area contributed by atoms with Crippen molar-refractivity contribution in [2.45, 2.75) is 36.6 Å². The fourth-order valence-electron chi connectivity index (χ4n) is 2.33. The van der Waals surface area contributed by atoms with Crippen LogP contribution < -0.4 is 4.72 Å². The molecule has 0 aromatic carbocycles. The summed E-state index contributed by atoms with van der Waals surface area (Å²) in [6.07, 6.45) is 0.538. The van der Waals surface area contributed by atoms with Crippen molar-refractivity contribution in [1.29, 1.82) is 0 Å². The minimum absolute atomic E-state index is 0.0218. The Morgan fingerprint density at radius 1 is 1.57 bits per heavy atom. The molecule has 1 heterocycles. The molecule has 0 amide bonds. The van der Waals surface area contributed by atoms with Gasteiger partial charge in [0.2, 0.25) is 0 Å². The summed E-state index contributed by atoms with van der Waals surface area (Å²) >= 11 is 6.37. The molecule has 1 aromatic rings. The molecule has 21 heavy (non-hydrogen) atoms. The monoisotopic (exact) mass is 354 g/mol. The van der Waals surface area contributed by atoms with Crippen molar-refractivity contribution in [1.82, 2.24) is 4.72 Å². The van der Waals surface area contributed by atoms with Crippen molar-refractivity contribution >= 4 is 38.6 Å². The lowest BCUT2D eigenvalue weighted by Crippen LogP contribution is -2.61. The van der Waals surface area contributed by atoms with E-state index >= 15 is 0 Å². The van der Waals surface area contributed by atoms with Gasteiger partial charge in [-0.2, -0.15) is 0 Å². The van der Waals surface area contributed by atoms with Crippen LogP contribution in [0.15, 0.2) is 10.3 Å². The molecule has 0 bridgehead atoms. The topological polar surface area (TPSA) is 98.5 Å². The Morgan fingerprint density at radius 2 is 2.19 bits per heavy atom.